The molecule has 0 fully saturated rings. The van der Waals surface area contributed by atoms with Gasteiger partial charge >= 0.3 is 0 Å². The minimum atomic E-state index is -0.361. The van der Waals surface area contributed by atoms with E-state index in [4.69, 9.17) is 0 Å². The first-order valence-corrected chi connectivity index (χ1v) is 8.19. The first-order chi connectivity index (χ1) is 10.2. The third kappa shape index (κ3) is 2.49. The summed E-state index contributed by atoms with van der Waals surface area (Å²) in [5, 5.41) is 19.1. The molecule has 0 atom stereocenters. The topological polar surface area (TPSA) is 73.0 Å². The van der Waals surface area contributed by atoms with Crippen molar-refractivity contribution < 1.29 is 4.92 Å². The Hall–Kier alpha value is -2.02. The van der Waals surface area contributed by atoms with Crippen LogP contribution in [0.4, 0.5) is 11.5 Å². The molecule has 2 heterocycles. The predicted octanol–water partition coefficient (Wildman–Crippen LogP) is 2.65. The van der Waals surface area contributed by atoms with E-state index in [2.05, 4.69) is 16.7 Å². The summed E-state index contributed by atoms with van der Waals surface area (Å²) >= 11 is 1.78. The summed E-state index contributed by atoms with van der Waals surface area (Å²) in [5.41, 5.74) is 2.83. The first-order valence-electron chi connectivity index (χ1n) is 6.79. The lowest BCUT2D eigenvalue weighted by Gasteiger charge is -2.06. The Labute approximate surface area is 126 Å². The van der Waals surface area contributed by atoms with Crippen LogP contribution in [0, 0.1) is 10.1 Å². The van der Waals surface area contributed by atoms with Gasteiger partial charge in [-0.3, -0.25) is 10.1 Å². The highest BCUT2D eigenvalue weighted by Gasteiger charge is 2.25. The van der Waals surface area contributed by atoms with Crippen LogP contribution in [0.25, 0.3) is 5.69 Å². The molecule has 6 nitrogen and oxygen atoms in total. The zero-order chi connectivity index (χ0) is 14.8. The van der Waals surface area contributed by atoms with Crippen molar-refractivity contribution in [3.63, 3.8) is 0 Å². The van der Waals surface area contributed by atoms with Gasteiger partial charge in [0.05, 0.1) is 10.6 Å². The summed E-state index contributed by atoms with van der Waals surface area (Å²) < 4.78 is 1.69. The molecular formula is C14H16N4O2S. The van der Waals surface area contributed by atoms with Gasteiger partial charge in [0.25, 0.3) is 5.69 Å². The standard InChI is InChI=1S/C14H16N4O2S/c1-21-9-7-11-10-6-8-15-14(10)17(16-11)12-4-2-3-5-13(12)18(19)20/h2-5,15H,6-9H2,1H3. The summed E-state index contributed by atoms with van der Waals surface area (Å²) in [6, 6.07) is 6.73. The fraction of sp³-hybridized carbons (Fsp3) is 0.357. The molecule has 2 aromatic rings. The van der Waals surface area contributed by atoms with Crippen LogP contribution in [0.15, 0.2) is 24.3 Å². The molecule has 1 aromatic heterocycles. The molecule has 0 bridgehead atoms. The van der Waals surface area contributed by atoms with Gasteiger partial charge < -0.3 is 5.32 Å². The fourth-order valence-electron chi connectivity index (χ4n) is 2.62. The smallest absolute Gasteiger partial charge is 0.294 e. The summed E-state index contributed by atoms with van der Waals surface area (Å²) in [7, 11) is 0. The third-order valence-corrected chi connectivity index (χ3v) is 4.20. The Morgan fingerprint density at radius 3 is 3.05 bits per heavy atom. The van der Waals surface area contributed by atoms with Gasteiger partial charge in [0.2, 0.25) is 0 Å². The van der Waals surface area contributed by atoms with Crippen LogP contribution in [-0.4, -0.2) is 33.3 Å². The first kappa shape index (κ1) is 13.9. The second-order valence-electron chi connectivity index (χ2n) is 4.85. The average molecular weight is 304 g/mol. The number of hydrogen-bond acceptors (Lipinski definition) is 5. The van der Waals surface area contributed by atoms with Crippen molar-refractivity contribution in [3.05, 3.63) is 45.6 Å². The van der Waals surface area contributed by atoms with Crippen LogP contribution < -0.4 is 5.32 Å². The van der Waals surface area contributed by atoms with Gasteiger partial charge in [0.15, 0.2) is 0 Å². The maximum atomic E-state index is 11.2. The van der Waals surface area contributed by atoms with Gasteiger partial charge in [-0.1, -0.05) is 12.1 Å². The molecule has 7 heteroatoms. The highest BCUT2D eigenvalue weighted by molar-refractivity contribution is 7.98. The van der Waals surface area contributed by atoms with Crippen LogP contribution in [0.5, 0.6) is 0 Å². The monoisotopic (exact) mass is 304 g/mol. The Morgan fingerprint density at radius 1 is 1.48 bits per heavy atom. The molecule has 1 N–H and O–H groups in total. The van der Waals surface area contributed by atoms with Crippen LogP contribution in [0.3, 0.4) is 0 Å². The van der Waals surface area contributed by atoms with Crippen LogP contribution >= 0.6 is 11.8 Å². The number of benzene rings is 1. The van der Waals surface area contributed by atoms with E-state index in [0.29, 0.717) is 5.69 Å². The van der Waals surface area contributed by atoms with Gasteiger partial charge in [0.1, 0.15) is 11.5 Å². The zero-order valence-electron chi connectivity index (χ0n) is 11.7. The second kappa shape index (κ2) is 5.77. The molecule has 1 aliphatic heterocycles. The molecule has 1 aromatic carbocycles. The number of rotatable bonds is 5. The number of nitrogens with one attached hydrogen (secondary N) is 1. The lowest BCUT2D eigenvalue weighted by molar-refractivity contribution is -0.384. The van der Waals surface area contributed by atoms with Crippen LogP contribution in [0.1, 0.15) is 11.3 Å². The zero-order valence-corrected chi connectivity index (χ0v) is 12.5. The minimum Gasteiger partial charge on any atom is -0.369 e. The number of aryl methyl sites for hydroxylation is 1. The fourth-order valence-corrected chi connectivity index (χ4v) is 3.01. The van der Waals surface area contributed by atoms with E-state index in [1.807, 2.05) is 0 Å². The minimum absolute atomic E-state index is 0.0768. The molecule has 0 spiro atoms. The number of para-hydroxylation sites is 2. The van der Waals surface area contributed by atoms with Gasteiger partial charge in [0, 0.05) is 24.6 Å². The summed E-state index contributed by atoms with van der Waals surface area (Å²) in [6.07, 6.45) is 3.88. The number of nitro benzene ring substituents is 1. The van der Waals surface area contributed by atoms with E-state index < -0.39 is 0 Å². The van der Waals surface area contributed by atoms with Crippen molar-refractivity contribution in [2.24, 2.45) is 0 Å². The van der Waals surface area contributed by atoms with Crippen molar-refractivity contribution in [1.29, 1.82) is 0 Å². The SMILES string of the molecule is CSCCc1nn(-c2ccccc2[N+](=O)[O-])c2c1CCN2. The highest BCUT2D eigenvalue weighted by Crippen LogP contribution is 2.32. The average Bonchev–Trinajstić information content (AvgIpc) is 3.07. The Kier molecular flexibility index (Phi) is 3.83. The summed E-state index contributed by atoms with van der Waals surface area (Å²) in [5.74, 6) is 1.90. The second-order valence-corrected chi connectivity index (χ2v) is 5.84. The third-order valence-electron chi connectivity index (χ3n) is 3.58. The van der Waals surface area contributed by atoms with E-state index in [9.17, 15) is 10.1 Å². The number of anilines is 1. The lowest BCUT2D eigenvalue weighted by Crippen LogP contribution is -2.07. The molecule has 21 heavy (non-hydrogen) atoms. The molecular weight excluding hydrogens is 288 g/mol. The molecule has 0 amide bonds. The van der Waals surface area contributed by atoms with Crippen LogP contribution in [0.2, 0.25) is 0 Å². The van der Waals surface area contributed by atoms with Gasteiger partial charge in [-0.05, 0) is 24.5 Å². The Morgan fingerprint density at radius 2 is 2.29 bits per heavy atom. The van der Waals surface area contributed by atoms with E-state index in [0.717, 1.165) is 36.7 Å². The number of thioether (sulfide) groups is 1. The van der Waals surface area contributed by atoms with E-state index in [-0.39, 0.29) is 10.6 Å². The molecule has 3 rings (SSSR count). The lowest BCUT2D eigenvalue weighted by atomic mass is 10.2. The van der Waals surface area contributed by atoms with E-state index >= 15 is 0 Å². The Bertz CT molecular complexity index is 684. The quantitative estimate of drug-likeness (QED) is 0.679. The van der Waals surface area contributed by atoms with E-state index in [1.54, 1.807) is 34.6 Å². The molecule has 1 aliphatic rings. The molecule has 0 saturated carbocycles. The highest BCUT2D eigenvalue weighted by atomic mass is 32.2. The molecule has 0 aliphatic carbocycles. The van der Waals surface area contributed by atoms with Gasteiger partial charge in [-0.2, -0.15) is 16.9 Å². The Balaban J connectivity index is 2.09. The number of fused-ring (bicyclic) bond motifs is 1. The van der Waals surface area contributed by atoms with Crippen molar-refractivity contribution in [2.75, 3.05) is 23.9 Å². The van der Waals surface area contributed by atoms with Crippen LogP contribution in [-0.2, 0) is 12.8 Å². The molecule has 110 valence electrons. The predicted molar refractivity (Wildman–Crippen MR) is 84.5 cm³/mol. The van der Waals surface area contributed by atoms with Crippen molar-refractivity contribution in [2.45, 2.75) is 12.8 Å². The maximum Gasteiger partial charge on any atom is 0.294 e. The number of nitro groups is 1. The normalized spacial score (nSPS) is 13.0. The molecule has 0 unspecified atom stereocenters. The number of hydrogen-bond donors (Lipinski definition) is 1. The summed E-state index contributed by atoms with van der Waals surface area (Å²) in [6.45, 7) is 0.861. The largest absolute Gasteiger partial charge is 0.369 e. The number of nitrogens with zero attached hydrogens (tertiary/aromatic N) is 3. The van der Waals surface area contributed by atoms with Crippen molar-refractivity contribution in [1.82, 2.24) is 9.78 Å². The van der Waals surface area contributed by atoms with Gasteiger partial charge in [-0.25, -0.2) is 4.68 Å². The molecule has 0 radical (unpaired) electrons. The summed E-state index contributed by atoms with van der Waals surface area (Å²) in [4.78, 5) is 10.9. The number of aromatic nitrogens is 2. The molecule has 0 saturated heterocycles. The van der Waals surface area contributed by atoms with Crippen molar-refractivity contribution >= 4 is 23.3 Å². The van der Waals surface area contributed by atoms with Crippen molar-refractivity contribution in [3.8, 4) is 5.69 Å². The van der Waals surface area contributed by atoms with E-state index in [1.165, 1.54) is 11.6 Å². The van der Waals surface area contributed by atoms with Gasteiger partial charge in [-0.15, -0.1) is 0 Å². The maximum absolute atomic E-state index is 11.2.